The van der Waals surface area contributed by atoms with Gasteiger partial charge in [0.2, 0.25) is 5.91 Å². The van der Waals surface area contributed by atoms with Gasteiger partial charge in [-0.2, -0.15) is 0 Å². The Morgan fingerprint density at radius 3 is 2.52 bits per heavy atom. The first-order valence-electron chi connectivity index (χ1n) is 11.0. The number of carbonyl (C=O) groups is 2. The molecule has 29 heavy (non-hydrogen) atoms. The Bertz CT molecular complexity index is 853. The van der Waals surface area contributed by atoms with Gasteiger partial charge < -0.3 is 15.4 Å². The molecule has 0 saturated heterocycles. The van der Waals surface area contributed by atoms with E-state index in [2.05, 4.69) is 17.6 Å². The fourth-order valence-electron chi connectivity index (χ4n) is 6.65. The number of nitrogens with one attached hydrogen (secondary N) is 2. The van der Waals surface area contributed by atoms with Gasteiger partial charge in [-0.15, -0.1) is 0 Å². The Labute approximate surface area is 172 Å². The third-order valence-electron chi connectivity index (χ3n) is 7.72. The zero-order chi connectivity index (χ0) is 20.2. The quantitative estimate of drug-likeness (QED) is 0.746. The lowest BCUT2D eigenvalue weighted by molar-refractivity contribution is -0.119. The van der Waals surface area contributed by atoms with Crippen LogP contribution in [-0.4, -0.2) is 18.4 Å². The highest BCUT2D eigenvalue weighted by molar-refractivity contribution is 5.95. The topological polar surface area (TPSA) is 67.4 Å². The minimum Gasteiger partial charge on any atom is -0.482 e. The van der Waals surface area contributed by atoms with E-state index in [9.17, 15) is 9.59 Å². The molecule has 1 aromatic rings. The van der Waals surface area contributed by atoms with Crippen molar-refractivity contribution in [2.75, 3.05) is 11.9 Å². The second-order valence-corrected chi connectivity index (χ2v) is 9.85. The van der Waals surface area contributed by atoms with Gasteiger partial charge in [0.15, 0.2) is 6.61 Å². The highest BCUT2D eigenvalue weighted by Gasteiger charge is 2.51. The number of benzene rings is 1. The zero-order valence-corrected chi connectivity index (χ0v) is 17.3. The van der Waals surface area contributed by atoms with E-state index >= 15 is 0 Å². The zero-order valence-electron chi connectivity index (χ0n) is 17.3. The van der Waals surface area contributed by atoms with Gasteiger partial charge in [-0.3, -0.25) is 9.59 Å². The lowest BCUT2D eigenvalue weighted by Gasteiger charge is -2.57. The molecule has 5 heteroatoms. The number of rotatable bonds is 4. The summed E-state index contributed by atoms with van der Waals surface area (Å²) in [4.78, 5) is 24.3. The average molecular weight is 395 g/mol. The van der Waals surface area contributed by atoms with E-state index in [0.717, 1.165) is 23.3 Å². The molecule has 1 aromatic carbocycles. The number of fused-ring (bicyclic) bond motifs is 1. The summed E-state index contributed by atoms with van der Waals surface area (Å²) < 4.78 is 5.41. The third-order valence-corrected chi connectivity index (χ3v) is 7.72. The maximum Gasteiger partial charge on any atom is 0.262 e. The Balaban J connectivity index is 1.28. The molecule has 4 bridgehead atoms. The molecule has 1 unspecified atom stereocenters. The summed E-state index contributed by atoms with van der Waals surface area (Å²) >= 11 is 0. The van der Waals surface area contributed by atoms with Crippen LogP contribution in [0.1, 0.15) is 64.0 Å². The number of ether oxygens (including phenoxy) is 1. The van der Waals surface area contributed by atoms with Gasteiger partial charge in [-0.1, -0.05) is 11.6 Å². The van der Waals surface area contributed by atoms with Crippen LogP contribution in [0.5, 0.6) is 5.75 Å². The summed E-state index contributed by atoms with van der Waals surface area (Å²) in [5.74, 6) is 3.12. The van der Waals surface area contributed by atoms with Crippen LogP contribution in [0, 0.1) is 23.2 Å². The van der Waals surface area contributed by atoms with E-state index in [4.69, 9.17) is 4.74 Å². The van der Waals surface area contributed by atoms with E-state index in [1.54, 1.807) is 0 Å². The van der Waals surface area contributed by atoms with Crippen molar-refractivity contribution in [3.63, 3.8) is 0 Å². The molecular weight excluding hydrogens is 364 g/mol. The van der Waals surface area contributed by atoms with E-state index in [1.807, 2.05) is 31.2 Å². The van der Waals surface area contributed by atoms with E-state index in [1.165, 1.54) is 44.1 Å². The van der Waals surface area contributed by atoms with Crippen molar-refractivity contribution in [3.8, 4) is 5.75 Å². The third kappa shape index (κ3) is 3.45. The molecule has 1 aliphatic heterocycles. The van der Waals surface area contributed by atoms with Crippen molar-refractivity contribution in [2.45, 2.75) is 58.4 Å². The van der Waals surface area contributed by atoms with Crippen molar-refractivity contribution < 1.29 is 14.3 Å². The Morgan fingerprint density at radius 1 is 1.21 bits per heavy atom. The molecule has 4 saturated carbocycles. The van der Waals surface area contributed by atoms with Crippen LogP contribution >= 0.6 is 0 Å². The van der Waals surface area contributed by atoms with Crippen LogP contribution in [0.2, 0.25) is 0 Å². The second-order valence-electron chi connectivity index (χ2n) is 9.85. The van der Waals surface area contributed by atoms with Crippen molar-refractivity contribution in [1.82, 2.24) is 5.32 Å². The fraction of sp³-hybridized carbons (Fsp3) is 0.583. The van der Waals surface area contributed by atoms with Gasteiger partial charge >= 0.3 is 0 Å². The first-order valence-corrected chi connectivity index (χ1v) is 11.0. The molecule has 0 spiro atoms. The summed E-state index contributed by atoms with van der Waals surface area (Å²) in [5, 5.41) is 5.93. The van der Waals surface area contributed by atoms with Crippen LogP contribution in [0.4, 0.5) is 5.69 Å². The molecule has 0 aromatic heterocycles. The normalized spacial score (nSPS) is 33.5. The van der Waals surface area contributed by atoms with Gasteiger partial charge in [0.1, 0.15) is 5.75 Å². The number of amides is 2. The molecule has 4 fully saturated rings. The summed E-state index contributed by atoms with van der Waals surface area (Å²) in [7, 11) is 0. The van der Waals surface area contributed by atoms with Gasteiger partial charge in [-0.25, -0.2) is 0 Å². The van der Waals surface area contributed by atoms with Gasteiger partial charge in [0, 0.05) is 6.08 Å². The minimum atomic E-state index is -0.152. The average Bonchev–Trinajstić information content (AvgIpc) is 2.66. The summed E-state index contributed by atoms with van der Waals surface area (Å²) in [6, 6.07) is 5.53. The van der Waals surface area contributed by atoms with Crippen LogP contribution in [0.25, 0.3) is 0 Å². The molecule has 2 amide bonds. The van der Waals surface area contributed by atoms with Crippen LogP contribution in [-0.2, 0) is 9.59 Å². The van der Waals surface area contributed by atoms with Gasteiger partial charge in [0.05, 0.1) is 11.7 Å². The summed E-state index contributed by atoms with van der Waals surface area (Å²) in [5.41, 5.74) is 3.15. The second kappa shape index (κ2) is 6.89. The predicted octanol–water partition coefficient (Wildman–Crippen LogP) is 4.36. The molecule has 2 N–H and O–H groups in total. The highest BCUT2D eigenvalue weighted by atomic mass is 16.5. The number of anilines is 1. The molecular formula is C24H30N2O3. The first-order chi connectivity index (χ1) is 13.9. The number of carbonyl (C=O) groups excluding carboxylic acids is 2. The molecule has 1 atom stereocenters. The van der Waals surface area contributed by atoms with Gasteiger partial charge in [0.25, 0.3) is 5.91 Å². The van der Waals surface area contributed by atoms with Crippen molar-refractivity contribution >= 4 is 17.5 Å². The smallest absolute Gasteiger partial charge is 0.262 e. The number of allylic oxidation sites excluding steroid dienone is 1. The minimum absolute atomic E-state index is 0.0243. The van der Waals surface area contributed by atoms with Crippen molar-refractivity contribution in [1.29, 1.82) is 0 Å². The van der Waals surface area contributed by atoms with Gasteiger partial charge in [-0.05, 0) is 93.2 Å². The van der Waals surface area contributed by atoms with Crippen LogP contribution < -0.4 is 15.4 Å². The molecule has 4 aliphatic carbocycles. The molecule has 5 aliphatic rings. The largest absolute Gasteiger partial charge is 0.482 e. The lowest BCUT2D eigenvalue weighted by atomic mass is 9.48. The van der Waals surface area contributed by atoms with E-state index in [-0.39, 0.29) is 29.9 Å². The SMILES string of the molecule is C/C(=C/C(=O)NC(C)c1ccc2c(c1)NC(=O)CO2)C12CC3CC(CC(C3)C1)C2. The Kier molecular flexibility index (Phi) is 4.45. The molecule has 5 nitrogen and oxygen atoms in total. The summed E-state index contributed by atoms with van der Waals surface area (Å²) in [6.45, 7) is 4.19. The maximum atomic E-state index is 12.8. The Morgan fingerprint density at radius 2 is 1.86 bits per heavy atom. The predicted molar refractivity (Wildman–Crippen MR) is 111 cm³/mol. The fourth-order valence-corrected chi connectivity index (χ4v) is 6.65. The number of hydrogen-bond acceptors (Lipinski definition) is 3. The van der Waals surface area contributed by atoms with Crippen LogP contribution in [0.3, 0.4) is 0 Å². The highest BCUT2D eigenvalue weighted by Crippen LogP contribution is 2.62. The van der Waals surface area contributed by atoms with Crippen molar-refractivity contribution in [2.24, 2.45) is 23.2 Å². The van der Waals surface area contributed by atoms with Crippen molar-refractivity contribution in [3.05, 3.63) is 35.4 Å². The van der Waals surface area contributed by atoms with E-state index < -0.39 is 0 Å². The Hall–Kier alpha value is -2.30. The van der Waals surface area contributed by atoms with E-state index in [0.29, 0.717) is 11.4 Å². The molecule has 154 valence electrons. The lowest BCUT2D eigenvalue weighted by Crippen LogP contribution is -2.46. The summed E-state index contributed by atoms with van der Waals surface area (Å²) in [6.07, 6.45) is 9.90. The molecule has 0 radical (unpaired) electrons. The molecule has 1 heterocycles. The monoisotopic (exact) mass is 394 g/mol. The van der Waals surface area contributed by atoms with Crippen LogP contribution in [0.15, 0.2) is 29.8 Å². The first kappa shape index (κ1) is 18.7. The number of hydrogen-bond donors (Lipinski definition) is 2. The standard InChI is InChI=1S/C24H30N2O3/c1-14(24-10-16-6-17(11-24)8-18(7-16)12-24)5-22(27)25-15(2)19-3-4-21-20(9-19)26-23(28)13-29-21/h3-5,9,15-18H,6-8,10-13H2,1-2H3,(H,25,27)(H,26,28)/b14-5-. The molecule has 6 rings (SSSR count). The maximum absolute atomic E-state index is 12.8.